The van der Waals surface area contributed by atoms with Gasteiger partial charge >= 0.3 is 0 Å². The number of amides is 1. The molecular weight excluding hydrogens is 392 g/mol. The lowest BCUT2D eigenvalue weighted by molar-refractivity contribution is -0.139. The molecule has 2 aromatic carbocycles. The molecule has 1 atom stereocenters. The number of hydrogen-bond acceptors (Lipinski definition) is 5. The third-order valence-electron chi connectivity index (χ3n) is 5.23. The summed E-state index contributed by atoms with van der Waals surface area (Å²) in [5, 5.41) is 11.1. The highest BCUT2D eigenvalue weighted by Gasteiger charge is 2.45. The predicted octanol–water partition coefficient (Wildman–Crippen LogP) is 4.37. The number of hydrogen-bond donors (Lipinski definition) is 1. The summed E-state index contributed by atoms with van der Waals surface area (Å²) in [5.41, 5.74) is 2.39. The first kappa shape index (κ1) is 22.4. The summed E-state index contributed by atoms with van der Waals surface area (Å²) in [5.74, 6) is -0.733. The summed E-state index contributed by atoms with van der Waals surface area (Å²) in [4.78, 5) is 29.2. The number of rotatable bonds is 7. The summed E-state index contributed by atoms with van der Waals surface area (Å²) in [6.45, 7) is 6.26. The quantitative estimate of drug-likeness (QED) is 0.408. The van der Waals surface area contributed by atoms with E-state index < -0.39 is 17.7 Å². The largest absolute Gasteiger partial charge is 0.507 e. The van der Waals surface area contributed by atoms with Crippen LogP contribution >= 0.6 is 0 Å². The molecule has 6 nitrogen and oxygen atoms in total. The van der Waals surface area contributed by atoms with Gasteiger partial charge in [0, 0.05) is 31.9 Å². The Kier molecular flexibility index (Phi) is 6.68. The molecule has 1 aliphatic heterocycles. The number of anilines is 1. The normalized spacial score (nSPS) is 18.0. The predicted molar refractivity (Wildman–Crippen MR) is 122 cm³/mol. The molecule has 6 heteroatoms. The Morgan fingerprint density at radius 2 is 1.68 bits per heavy atom. The van der Waals surface area contributed by atoms with Crippen LogP contribution in [0.15, 0.2) is 54.1 Å². The van der Waals surface area contributed by atoms with Crippen LogP contribution in [0.3, 0.4) is 0 Å². The number of Topliss-reactive ketones (excluding diaryl/α,β-unsaturated/α-hetero) is 1. The fraction of sp³-hybridized carbons (Fsp3) is 0.360. The monoisotopic (exact) mass is 422 g/mol. The zero-order valence-electron chi connectivity index (χ0n) is 18.8. The summed E-state index contributed by atoms with van der Waals surface area (Å²) >= 11 is 0. The molecule has 1 heterocycles. The minimum absolute atomic E-state index is 0.0314. The molecular formula is C25H30N2O4. The summed E-state index contributed by atoms with van der Waals surface area (Å²) in [7, 11) is 3.90. The smallest absolute Gasteiger partial charge is 0.295 e. The molecule has 0 aliphatic carbocycles. The Hall–Kier alpha value is -3.28. The number of nitrogens with zero attached hydrogens (tertiary/aromatic N) is 2. The van der Waals surface area contributed by atoms with Crippen molar-refractivity contribution in [2.45, 2.75) is 39.3 Å². The van der Waals surface area contributed by atoms with E-state index in [2.05, 4.69) is 0 Å². The molecule has 3 rings (SSSR count). The van der Waals surface area contributed by atoms with Crippen molar-refractivity contribution < 1.29 is 19.4 Å². The molecule has 0 aromatic heterocycles. The number of carbonyl (C=O) groups excluding carboxylic acids is 2. The van der Waals surface area contributed by atoms with E-state index in [0.29, 0.717) is 24.3 Å². The van der Waals surface area contributed by atoms with Gasteiger partial charge in [-0.1, -0.05) is 19.1 Å². The van der Waals surface area contributed by atoms with Gasteiger partial charge in [-0.2, -0.15) is 0 Å². The molecule has 1 aliphatic rings. The summed E-state index contributed by atoms with van der Waals surface area (Å²) < 4.78 is 5.65. The fourth-order valence-electron chi connectivity index (χ4n) is 3.77. The minimum atomic E-state index is -0.657. The van der Waals surface area contributed by atoms with Gasteiger partial charge in [0.15, 0.2) is 0 Å². The van der Waals surface area contributed by atoms with Crippen LogP contribution in [0.1, 0.15) is 44.4 Å². The third kappa shape index (κ3) is 4.58. The van der Waals surface area contributed by atoms with E-state index in [1.165, 1.54) is 0 Å². The second-order valence-corrected chi connectivity index (χ2v) is 8.17. The van der Waals surface area contributed by atoms with E-state index in [1.807, 2.05) is 64.0 Å². The van der Waals surface area contributed by atoms with Gasteiger partial charge in [0.1, 0.15) is 11.5 Å². The molecule has 1 saturated heterocycles. The number of carbonyl (C=O) groups is 2. The molecule has 164 valence electrons. The van der Waals surface area contributed by atoms with Crippen molar-refractivity contribution in [2.75, 3.05) is 25.5 Å². The van der Waals surface area contributed by atoms with Crippen LogP contribution in [0.5, 0.6) is 5.75 Å². The average Bonchev–Trinajstić information content (AvgIpc) is 2.98. The molecule has 1 amide bonds. The topological polar surface area (TPSA) is 70.1 Å². The van der Waals surface area contributed by atoms with Crippen LogP contribution in [0.25, 0.3) is 5.76 Å². The van der Waals surface area contributed by atoms with Crippen LogP contribution in [0, 0.1) is 0 Å². The molecule has 31 heavy (non-hydrogen) atoms. The lowest BCUT2D eigenvalue weighted by atomic mass is 9.95. The fourth-order valence-corrected chi connectivity index (χ4v) is 3.77. The molecule has 0 radical (unpaired) electrons. The maximum Gasteiger partial charge on any atom is 0.295 e. The Morgan fingerprint density at radius 1 is 1.06 bits per heavy atom. The zero-order chi connectivity index (χ0) is 22.7. The standard InChI is InChI=1S/C25H30N2O4/c1-6-15-27-22(17-7-11-19(12-8-17)26(4)5)21(24(29)25(27)30)23(28)18-9-13-20(14-10-18)31-16(2)3/h7-14,16,22,28H,6,15H2,1-5H3/b23-21-. The van der Waals surface area contributed by atoms with Crippen LogP contribution < -0.4 is 9.64 Å². The van der Waals surface area contributed by atoms with Crippen molar-refractivity contribution in [3.63, 3.8) is 0 Å². The first-order chi connectivity index (χ1) is 14.7. The van der Waals surface area contributed by atoms with E-state index in [1.54, 1.807) is 29.2 Å². The van der Waals surface area contributed by atoms with E-state index >= 15 is 0 Å². The van der Waals surface area contributed by atoms with Crippen LogP contribution in [0.2, 0.25) is 0 Å². The molecule has 2 aromatic rings. The summed E-state index contributed by atoms with van der Waals surface area (Å²) in [6.07, 6.45) is 0.740. The van der Waals surface area contributed by atoms with Crippen LogP contribution in [-0.2, 0) is 9.59 Å². The maximum atomic E-state index is 12.9. The highest BCUT2D eigenvalue weighted by atomic mass is 16.5. The highest BCUT2D eigenvalue weighted by Crippen LogP contribution is 2.40. The Labute approximate surface area is 183 Å². The van der Waals surface area contributed by atoms with Gasteiger partial charge in [-0.25, -0.2) is 0 Å². The molecule has 1 unspecified atom stereocenters. The van der Waals surface area contributed by atoms with Gasteiger partial charge in [-0.3, -0.25) is 9.59 Å². The van der Waals surface area contributed by atoms with Crippen molar-refractivity contribution in [3.05, 3.63) is 65.2 Å². The van der Waals surface area contributed by atoms with Gasteiger partial charge in [-0.15, -0.1) is 0 Å². The average molecular weight is 423 g/mol. The minimum Gasteiger partial charge on any atom is -0.507 e. The Bertz CT molecular complexity index is 976. The van der Waals surface area contributed by atoms with E-state index in [4.69, 9.17) is 4.74 Å². The van der Waals surface area contributed by atoms with Gasteiger partial charge in [-0.05, 0) is 62.2 Å². The number of likely N-dealkylation sites (tertiary alicyclic amines) is 1. The first-order valence-corrected chi connectivity index (χ1v) is 10.6. The second-order valence-electron chi connectivity index (χ2n) is 8.17. The van der Waals surface area contributed by atoms with E-state index in [9.17, 15) is 14.7 Å². The number of aliphatic hydroxyl groups excluding tert-OH is 1. The van der Waals surface area contributed by atoms with Crippen molar-refractivity contribution in [2.24, 2.45) is 0 Å². The van der Waals surface area contributed by atoms with Gasteiger partial charge < -0.3 is 19.6 Å². The molecule has 1 fully saturated rings. The van der Waals surface area contributed by atoms with Gasteiger partial charge in [0.05, 0.1) is 17.7 Å². The van der Waals surface area contributed by atoms with Crippen LogP contribution in [-0.4, -0.2) is 48.4 Å². The van der Waals surface area contributed by atoms with Crippen molar-refractivity contribution in [1.82, 2.24) is 4.90 Å². The van der Waals surface area contributed by atoms with Gasteiger partial charge in [0.2, 0.25) is 0 Å². The first-order valence-electron chi connectivity index (χ1n) is 10.6. The number of aliphatic hydroxyl groups is 1. The number of ether oxygens (including phenoxy) is 1. The third-order valence-corrected chi connectivity index (χ3v) is 5.23. The van der Waals surface area contributed by atoms with E-state index in [0.717, 1.165) is 11.3 Å². The van der Waals surface area contributed by atoms with Crippen molar-refractivity contribution in [1.29, 1.82) is 0 Å². The molecule has 0 spiro atoms. The van der Waals surface area contributed by atoms with E-state index in [-0.39, 0.29) is 17.4 Å². The van der Waals surface area contributed by atoms with Crippen molar-refractivity contribution in [3.8, 4) is 5.75 Å². The highest BCUT2D eigenvalue weighted by molar-refractivity contribution is 6.46. The second kappa shape index (κ2) is 9.25. The number of ketones is 1. The lowest BCUT2D eigenvalue weighted by Gasteiger charge is -2.25. The van der Waals surface area contributed by atoms with Gasteiger partial charge in [0.25, 0.3) is 11.7 Å². The number of benzene rings is 2. The summed E-state index contributed by atoms with van der Waals surface area (Å²) in [6, 6.07) is 14.0. The Balaban J connectivity index is 2.07. The lowest BCUT2D eigenvalue weighted by Crippen LogP contribution is -2.30. The van der Waals surface area contributed by atoms with Crippen molar-refractivity contribution >= 4 is 23.1 Å². The molecule has 0 saturated carbocycles. The molecule has 0 bridgehead atoms. The molecule has 1 N–H and O–H groups in total. The zero-order valence-corrected chi connectivity index (χ0v) is 18.8. The van der Waals surface area contributed by atoms with Crippen LogP contribution in [0.4, 0.5) is 5.69 Å². The Morgan fingerprint density at radius 3 is 2.19 bits per heavy atom. The maximum absolute atomic E-state index is 12.9. The SMILES string of the molecule is CCCN1C(=O)C(=O)/C(=C(\O)c2ccc(OC(C)C)cc2)C1c1ccc(N(C)C)cc1.